The molecule has 0 unspecified atom stereocenters. The van der Waals surface area contributed by atoms with Gasteiger partial charge in [0.15, 0.2) is 0 Å². The summed E-state index contributed by atoms with van der Waals surface area (Å²) in [5.74, 6) is -0.352. The normalized spacial score (nSPS) is 16.3. The van der Waals surface area contributed by atoms with Crippen molar-refractivity contribution >= 4 is 11.6 Å². The van der Waals surface area contributed by atoms with E-state index in [-0.39, 0.29) is 18.3 Å². The molecule has 0 radical (unpaired) electrons. The van der Waals surface area contributed by atoms with Crippen LogP contribution in [-0.2, 0) is 16.8 Å². The first kappa shape index (κ1) is 15.7. The number of amides is 1. The number of hydrogen-bond donors (Lipinski definition) is 2. The van der Waals surface area contributed by atoms with Gasteiger partial charge in [0.2, 0.25) is 5.91 Å². The maximum absolute atomic E-state index is 13.2. The lowest BCUT2D eigenvalue weighted by atomic mass is 9.78. The van der Waals surface area contributed by atoms with Crippen molar-refractivity contribution < 1.29 is 14.3 Å². The summed E-state index contributed by atoms with van der Waals surface area (Å²) in [6.45, 7) is -0.0627. The van der Waals surface area contributed by atoms with E-state index in [1.54, 1.807) is 30.3 Å². The number of aliphatic hydroxyl groups excluding tert-OH is 1. The van der Waals surface area contributed by atoms with Crippen LogP contribution in [0.3, 0.4) is 0 Å². The van der Waals surface area contributed by atoms with Crippen molar-refractivity contribution in [2.24, 2.45) is 0 Å². The summed E-state index contributed by atoms with van der Waals surface area (Å²) in [5, 5.41) is 12.2. The van der Waals surface area contributed by atoms with Crippen LogP contribution in [0.5, 0.6) is 0 Å². The molecule has 23 heavy (non-hydrogen) atoms. The van der Waals surface area contributed by atoms with Crippen LogP contribution in [-0.4, -0.2) is 11.0 Å². The standard InChI is InChI=1S/C19H20FNO2/c20-16-8-6-15(7-9-16)19(10-1-2-11-19)18(23)21-17-5-3-4-14(12-17)13-22/h3-9,12,22H,1-2,10-11,13H2,(H,21,23). The molecule has 120 valence electrons. The molecule has 4 heteroatoms. The molecule has 1 saturated carbocycles. The van der Waals surface area contributed by atoms with E-state index < -0.39 is 5.41 Å². The summed E-state index contributed by atoms with van der Waals surface area (Å²) in [7, 11) is 0. The van der Waals surface area contributed by atoms with Gasteiger partial charge in [0, 0.05) is 5.69 Å². The van der Waals surface area contributed by atoms with Crippen molar-refractivity contribution in [2.75, 3.05) is 5.32 Å². The van der Waals surface area contributed by atoms with Gasteiger partial charge >= 0.3 is 0 Å². The van der Waals surface area contributed by atoms with Gasteiger partial charge in [-0.05, 0) is 48.2 Å². The summed E-state index contributed by atoms with van der Waals surface area (Å²) >= 11 is 0. The molecule has 0 saturated heterocycles. The SMILES string of the molecule is O=C(Nc1cccc(CO)c1)C1(c2ccc(F)cc2)CCCC1. The van der Waals surface area contributed by atoms with Crippen molar-refractivity contribution in [2.45, 2.75) is 37.7 Å². The number of carbonyl (C=O) groups is 1. The van der Waals surface area contributed by atoms with Gasteiger partial charge in [-0.25, -0.2) is 4.39 Å². The van der Waals surface area contributed by atoms with E-state index >= 15 is 0 Å². The predicted molar refractivity (Wildman–Crippen MR) is 87.5 cm³/mol. The summed E-state index contributed by atoms with van der Waals surface area (Å²) < 4.78 is 13.2. The topological polar surface area (TPSA) is 49.3 Å². The van der Waals surface area contributed by atoms with Crippen LogP contribution in [0.15, 0.2) is 48.5 Å². The van der Waals surface area contributed by atoms with Crippen LogP contribution in [0, 0.1) is 5.82 Å². The Labute approximate surface area is 135 Å². The number of carbonyl (C=O) groups excluding carboxylic acids is 1. The molecule has 0 bridgehead atoms. The molecule has 0 heterocycles. The molecule has 0 aliphatic heterocycles. The fourth-order valence-corrected chi connectivity index (χ4v) is 3.39. The summed E-state index contributed by atoms with van der Waals surface area (Å²) in [6, 6.07) is 13.4. The van der Waals surface area contributed by atoms with Crippen LogP contribution in [0.4, 0.5) is 10.1 Å². The first-order valence-corrected chi connectivity index (χ1v) is 7.91. The molecule has 0 spiro atoms. The summed E-state index contributed by atoms with van der Waals surface area (Å²) in [4.78, 5) is 13.0. The molecule has 3 nitrogen and oxygen atoms in total. The number of rotatable bonds is 4. The van der Waals surface area contributed by atoms with E-state index in [2.05, 4.69) is 5.32 Å². The zero-order chi connectivity index (χ0) is 16.3. The third kappa shape index (κ3) is 3.13. The van der Waals surface area contributed by atoms with E-state index in [0.717, 1.165) is 36.8 Å². The van der Waals surface area contributed by atoms with E-state index in [9.17, 15) is 14.3 Å². The molecule has 2 N–H and O–H groups in total. The van der Waals surface area contributed by atoms with Crippen molar-refractivity contribution in [3.05, 3.63) is 65.5 Å². The minimum atomic E-state index is -0.594. The Balaban J connectivity index is 1.88. The quantitative estimate of drug-likeness (QED) is 0.903. The van der Waals surface area contributed by atoms with E-state index in [4.69, 9.17) is 0 Å². The molecule has 1 aliphatic rings. The molecule has 1 amide bonds. The third-order valence-electron chi connectivity index (χ3n) is 4.66. The van der Waals surface area contributed by atoms with Gasteiger partial charge in [0.1, 0.15) is 5.82 Å². The number of anilines is 1. The maximum atomic E-state index is 13.2. The lowest BCUT2D eigenvalue weighted by Gasteiger charge is -2.28. The molecule has 1 aliphatic carbocycles. The van der Waals surface area contributed by atoms with Crippen LogP contribution >= 0.6 is 0 Å². The highest BCUT2D eigenvalue weighted by atomic mass is 19.1. The number of benzene rings is 2. The number of halogens is 1. The second-order valence-corrected chi connectivity index (χ2v) is 6.11. The van der Waals surface area contributed by atoms with Crippen molar-refractivity contribution in [1.29, 1.82) is 0 Å². The lowest BCUT2D eigenvalue weighted by Crippen LogP contribution is -2.38. The van der Waals surface area contributed by atoms with Gasteiger partial charge in [-0.1, -0.05) is 37.1 Å². The third-order valence-corrected chi connectivity index (χ3v) is 4.66. The highest BCUT2D eigenvalue weighted by Crippen LogP contribution is 2.42. The number of nitrogens with one attached hydrogen (secondary N) is 1. The van der Waals surface area contributed by atoms with Crippen LogP contribution in [0.25, 0.3) is 0 Å². The van der Waals surface area contributed by atoms with Gasteiger partial charge in [-0.2, -0.15) is 0 Å². The van der Waals surface area contributed by atoms with E-state index in [0.29, 0.717) is 5.69 Å². The summed E-state index contributed by atoms with van der Waals surface area (Å²) in [5.41, 5.74) is 1.70. The Morgan fingerprint density at radius 1 is 1.13 bits per heavy atom. The Kier molecular flexibility index (Phi) is 4.44. The average molecular weight is 313 g/mol. The van der Waals surface area contributed by atoms with E-state index in [1.165, 1.54) is 12.1 Å². The second kappa shape index (κ2) is 6.50. The van der Waals surface area contributed by atoms with Crippen LogP contribution in [0.1, 0.15) is 36.8 Å². The average Bonchev–Trinajstić information content (AvgIpc) is 3.06. The zero-order valence-corrected chi connectivity index (χ0v) is 12.9. The van der Waals surface area contributed by atoms with Crippen molar-refractivity contribution in [1.82, 2.24) is 0 Å². The maximum Gasteiger partial charge on any atom is 0.235 e. The van der Waals surface area contributed by atoms with Gasteiger partial charge in [0.25, 0.3) is 0 Å². The summed E-state index contributed by atoms with van der Waals surface area (Å²) in [6.07, 6.45) is 3.51. The highest BCUT2D eigenvalue weighted by Gasteiger charge is 2.42. The molecule has 1 fully saturated rings. The minimum Gasteiger partial charge on any atom is -0.392 e. The number of aliphatic hydroxyl groups is 1. The molecule has 0 atom stereocenters. The Morgan fingerprint density at radius 2 is 1.83 bits per heavy atom. The zero-order valence-electron chi connectivity index (χ0n) is 12.9. The molecule has 0 aromatic heterocycles. The molecular weight excluding hydrogens is 293 g/mol. The van der Waals surface area contributed by atoms with Gasteiger partial charge in [-0.15, -0.1) is 0 Å². The van der Waals surface area contributed by atoms with Crippen molar-refractivity contribution in [3.8, 4) is 0 Å². The Hall–Kier alpha value is -2.20. The fraction of sp³-hybridized carbons (Fsp3) is 0.316. The highest BCUT2D eigenvalue weighted by molar-refractivity contribution is 5.99. The predicted octanol–water partition coefficient (Wildman–Crippen LogP) is 3.77. The largest absolute Gasteiger partial charge is 0.392 e. The van der Waals surface area contributed by atoms with E-state index in [1.807, 2.05) is 6.07 Å². The lowest BCUT2D eigenvalue weighted by molar-refractivity contribution is -0.121. The molecule has 2 aromatic rings. The first-order valence-electron chi connectivity index (χ1n) is 7.91. The smallest absolute Gasteiger partial charge is 0.235 e. The second-order valence-electron chi connectivity index (χ2n) is 6.11. The van der Waals surface area contributed by atoms with Gasteiger partial charge in [0.05, 0.1) is 12.0 Å². The minimum absolute atomic E-state index is 0.0586. The number of hydrogen-bond acceptors (Lipinski definition) is 2. The molecular formula is C19H20FNO2. The van der Waals surface area contributed by atoms with Crippen molar-refractivity contribution in [3.63, 3.8) is 0 Å². The Morgan fingerprint density at radius 3 is 2.48 bits per heavy atom. The van der Waals surface area contributed by atoms with Gasteiger partial charge in [-0.3, -0.25) is 4.79 Å². The van der Waals surface area contributed by atoms with Gasteiger partial charge < -0.3 is 10.4 Å². The molecule has 3 rings (SSSR count). The Bertz CT molecular complexity index is 691. The van der Waals surface area contributed by atoms with Crippen LogP contribution in [0.2, 0.25) is 0 Å². The molecule has 2 aromatic carbocycles. The fourth-order valence-electron chi connectivity index (χ4n) is 3.39. The van der Waals surface area contributed by atoms with Crippen LogP contribution < -0.4 is 5.32 Å². The monoisotopic (exact) mass is 313 g/mol. The first-order chi connectivity index (χ1) is 11.1.